The van der Waals surface area contributed by atoms with Gasteiger partial charge in [0.15, 0.2) is 0 Å². The molecule has 3 aromatic heterocycles. The Hall–Kier alpha value is -5.55. The Labute approximate surface area is 333 Å². The fourth-order valence-corrected chi connectivity index (χ4v) is 7.32. The molecule has 3 heterocycles. The first-order chi connectivity index (χ1) is 26.2. The zero-order valence-electron chi connectivity index (χ0n) is 35.2. The van der Waals surface area contributed by atoms with Crippen LogP contribution in [0.1, 0.15) is 105 Å². The molecule has 0 spiro atoms. The minimum absolute atomic E-state index is 0.0338. The topological polar surface area (TPSA) is 63.8 Å². The van der Waals surface area contributed by atoms with Crippen LogP contribution in [0, 0.1) is 0 Å². The molecule has 5 nitrogen and oxygen atoms in total. The number of hydrogen-bond donors (Lipinski definition) is 1. The number of phenolic OH excluding ortho intramolecular Hbond substituents is 1. The van der Waals surface area contributed by atoms with Gasteiger partial charge in [0.2, 0.25) is 0 Å². The number of nitrogens with zero attached hydrogens (tertiary/aromatic N) is 4. The van der Waals surface area contributed by atoms with E-state index in [9.17, 15) is 5.11 Å². The zero-order valence-corrected chi connectivity index (χ0v) is 35.2. The molecular formula is C51H56N4O. The molecule has 0 unspecified atom stereocenters. The summed E-state index contributed by atoms with van der Waals surface area (Å²) in [5.41, 5.74) is 13.3. The summed E-state index contributed by atoms with van der Waals surface area (Å²) in [6, 6.07) is 36.4. The third-order valence-corrected chi connectivity index (χ3v) is 10.8. The summed E-state index contributed by atoms with van der Waals surface area (Å²) in [5.74, 6) is 0.920. The van der Waals surface area contributed by atoms with E-state index < -0.39 is 0 Å². The number of pyridine rings is 2. The second kappa shape index (κ2) is 13.9. The second-order valence-corrected chi connectivity index (χ2v) is 19.4. The Morgan fingerprint density at radius 1 is 0.500 bits per heavy atom. The number of phenols is 1. The van der Waals surface area contributed by atoms with E-state index in [0.717, 1.165) is 61.5 Å². The summed E-state index contributed by atoms with van der Waals surface area (Å²) in [6.45, 7) is 26.7. The van der Waals surface area contributed by atoms with Gasteiger partial charge in [-0.3, -0.25) is 14.5 Å². The number of rotatable bonds is 5. The van der Waals surface area contributed by atoms with Crippen molar-refractivity contribution in [3.8, 4) is 56.5 Å². The Kier molecular flexibility index (Phi) is 9.60. The van der Waals surface area contributed by atoms with Gasteiger partial charge in [-0.15, -0.1) is 0 Å². The average Bonchev–Trinajstić information content (AvgIpc) is 3.53. The minimum Gasteiger partial charge on any atom is -0.507 e. The van der Waals surface area contributed by atoms with Crippen molar-refractivity contribution >= 4 is 11.0 Å². The molecule has 0 fully saturated rings. The fourth-order valence-electron chi connectivity index (χ4n) is 7.32. The molecule has 0 saturated heterocycles. The molecule has 7 rings (SSSR count). The summed E-state index contributed by atoms with van der Waals surface area (Å²) in [5, 5.41) is 12.2. The molecule has 7 aromatic rings. The minimum atomic E-state index is -0.296. The van der Waals surface area contributed by atoms with Crippen molar-refractivity contribution in [3.05, 3.63) is 138 Å². The maximum Gasteiger partial charge on any atom is 0.149 e. The Balaban J connectivity index is 1.56. The van der Waals surface area contributed by atoms with Crippen molar-refractivity contribution in [1.29, 1.82) is 0 Å². The first-order valence-corrected chi connectivity index (χ1v) is 19.7. The summed E-state index contributed by atoms with van der Waals surface area (Å²) in [7, 11) is 0. The molecule has 0 aliphatic rings. The molecule has 0 bridgehead atoms. The van der Waals surface area contributed by atoms with Crippen LogP contribution in [0.5, 0.6) is 5.75 Å². The lowest BCUT2D eigenvalue weighted by molar-refractivity contribution is 0.446. The lowest BCUT2D eigenvalue weighted by atomic mass is 9.78. The molecule has 0 radical (unpaired) electrons. The van der Waals surface area contributed by atoms with E-state index in [-0.39, 0.29) is 27.4 Å². The van der Waals surface area contributed by atoms with Gasteiger partial charge in [-0.1, -0.05) is 132 Å². The van der Waals surface area contributed by atoms with Crippen LogP contribution < -0.4 is 0 Å². The van der Waals surface area contributed by atoms with Gasteiger partial charge >= 0.3 is 0 Å². The van der Waals surface area contributed by atoms with Crippen molar-refractivity contribution in [2.45, 2.75) is 105 Å². The quantitative estimate of drug-likeness (QED) is 0.191. The van der Waals surface area contributed by atoms with Gasteiger partial charge in [0.1, 0.15) is 17.1 Å². The Morgan fingerprint density at radius 2 is 1.07 bits per heavy atom. The van der Waals surface area contributed by atoms with E-state index in [1.807, 2.05) is 48.8 Å². The molecule has 0 atom stereocenters. The van der Waals surface area contributed by atoms with Crippen LogP contribution in [0.25, 0.3) is 61.8 Å². The number of para-hydroxylation sites is 1. The highest BCUT2D eigenvalue weighted by atomic mass is 16.3. The highest BCUT2D eigenvalue weighted by molar-refractivity contribution is 5.96. The third-order valence-electron chi connectivity index (χ3n) is 10.8. The van der Waals surface area contributed by atoms with Gasteiger partial charge in [0.05, 0.1) is 22.5 Å². The predicted molar refractivity (Wildman–Crippen MR) is 235 cm³/mol. The first-order valence-electron chi connectivity index (χ1n) is 19.7. The van der Waals surface area contributed by atoms with Gasteiger partial charge in [0.25, 0.3) is 0 Å². The number of imidazole rings is 1. The van der Waals surface area contributed by atoms with E-state index in [1.54, 1.807) is 0 Å². The number of aromatic nitrogens is 4. The molecular weight excluding hydrogens is 685 g/mol. The van der Waals surface area contributed by atoms with Crippen LogP contribution in [0.2, 0.25) is 0 Å². The van der Waals surface area contributed by atoms with Crippen LogP contribution >= 0.6 is 0 Å². The largest absolute Gasteiger partial charge is 0.507 e. The van der Waals surface area contributed by atoms with Crippen LogP contribution in [0.4, 0.5) is 0 Å². The number of hydrogen-bond acceptors (Lipinski definition) is 4. The molecule has 286 valence electrons. The summed E-state index contributed by atoms with van der Waals surface area (Å²) >= 11 is 0. The van der Waals surface area contributed by atoms with Gasteiger partial charge in [0, 0.05) is 34.8 Å². The Bertz CT molecular complexity index is 2520. The summed E-state index contributed by atoms with van der Waals surface area (Å²) in [6.07, 6.45) is 3.72. The molecule has 5 heteroatoms. The van der Waals surface area contributed by atoms with Gasteiger partial charge in [-0.2, -0.15) is 0 Å². The SMILES string of the molecule is CC(C)(C)c1cc(-c2cc(-c3ccccn3)cc(-c3nccc4c3nc(-c3cc(C(C)(C)C)cc(C(C)(C)C)c3O)n4-c3ccccc3)c2)cc(C(C)(C)C)c1. The highest BCUT2D eigenvalue weighted by Crippen LogP contribution is 2.45. The van der Waals surface area contributed by atoms with Gasteiger partial charge < -0.3 is 5.11 Å². The number of aromatic hydroxyl groups is 1. The molecule has 0 aliphatic heterocycles. The maximum absolute atomic E-state index is 12.2. The molecule has 56 heavy (non-hydrogen) atoms. The van der Waals surface area contributed by atoms with Crippen molar-refractivity contribution in [2.75, 3.05) is 0 Å². The molecule has 0 aliphatic carbocycles. The predicted octanol–water partition coefficient (Wildman–Crippen LogP) is 13.4. The van der Waals surface area contributed by atoms with Gasteiger partial charge in [-0.25, -0.2) is 4.98 Å². The Morgan fingerprint density at radius 3 is 1.66 bits per heavy atom. The lowest BCUT2D eigenvalue weighted by Crippen LogP contribution is -2.17. The summed E-state index contributed by atoms with van der Waals surface area (Å²) < 4.78 is 2.17. The molecule has 0 saturated carbocycles. The van der Waals surface area contributed by atoms with Crippen molar-refractivity contribution < 1.29 is 5.11 Å². The number of benzene rings is 4. The maximum atomic E-state index is 12.2. The fraction of sp³-hybridized carbons (Fsp3) is 0.314. The van der Waals surface area contributed by atoms with Crippen LogP contribution in [-0.4, -0.2) is 24.6 Å². The van der Waals surface area contributed by atoms with E-state index in [0.29, 0.717) is 11.4 Å². The standard InChI is InChI=1S/C51H56N4O/c1-48(2,3)36-27-33(28-37(29-36)49(4,5)6)32-24-34(42-20-16-17-22-52-42)26-35(25-32)44-45-43(21-23-53-44)55(39-18-14-13-15-19-39)47(54-45)40-30-38(50(7,8)9)31-41(46(40)56)51(10,11)12/h13-31,56H,1-12H3. The van der Waals surface area contributed by atoms with E-state index >= 15 is 0 Å². The highest BCUT2D eigenvalue weighted by Gasteiger charge is 2.29. The van der Waals surface area contributed by atoms with Crippen molar-refractivity contribution in [2.24, 2.45) is 0 Å². The average molecular weight is 741 g/mol. The van der Waals surface area contributed by atoms with Crippen LogP contribution in [0.3, 0.4) is 0 Å². The van der Waals surface area contributed by atoms with Crippen LogP contribution in [-0.2, 0) is 21.7 Å². The first kappa shape index (κ1) is 38.7. The zero-order chi connectivity index (χ0) is 40.4. The molecule has 0 amide bonds. The molecule has 1 N–H and O–H groups in total. The van der Waals surface area contributed by atoms with E-state index in [2.05, 4.69) is 154 Å². The summed E-state index contributed by atoms with van der Waals surface area (Å²) in [4.78, 5) is 15.3. The normalized spacial score (nSPS) is 12.7. The molecule has 4 aromatic carbocycles. The van der Waals surface area contributed by atoms with Crippen molar-refractivity contribution in [3.63, 3.8) is 0 Å². The second-order valence-electron chi connectivity index (χ2n) is 19.4. The third kappa shape index (κ3) is 7.52. The van der Waals surface area contributed by atoms with E-state index in [1.165, 1.54) is 11.1 Å². The van der Waals surface area contributed by atoms with Crippen LogP contribution in [0.15, 0.2) is 116 Å². The lowest BCUT2D eigenvalue weighted by Gasteiger charge is -2.27. The number of fused-ring (bicyclic) bond motifs is 1. The smallest absolute Gasteiger partial charge is 0.149 e. The monoisotopic (exact) mass is 740 g/mol. The van der Waals surface area contributed by atoms with Crippen molar-refractivity contribution in [1.82, 2.24) is 19.5 Å². The van der Waals surface area contributed by atoms with E-state index in [4.69, 9.17) is 15.0 Å². The van der Waals surface area contributed by atoms with Gasteiger partial charge in [-0.05, 0) is 104 Å².